The van der Waals surface area contributed by atoms with Gasteiger partial charge in [-0.05, 0) is 79.5 Å². The van der Waals surface area contributed by atoms with E-state index in [4.69, 9.17) is 23.7 Å². The number of benzene rings is 1. The molecule has 2 saturated heterocycles. The van der Waals surface area contributed by atoms with Gasteiger partial charge in [-0.1, -0.05) is 63.3 Å². The van der Waals surface area contributed by atoms with Gasteiger partial charge in [-0.15, -0.1) is 0 Å². The number of carbonyl (C=O) groups excluding carboxylic acids is 2. The molecule has 3 aliphatic rings. The third-order valence-electron chi connectivity index (χ3n) is 11.3. The van der Waals surface area contributed by atoms with Crippen molar-refractivity contribution in [2.24, 2.45) is 17.8 Å². The molecule has 0 radical (unpaired) electrons. The molecule has 4 rings (SSSR count). The van der Waals surface area contributed by atoms with Crippen LogP contribution in [0, 0.1) is 17.8 Å². The Morgan fingerprint density at radius 1 is 1.02 bits per heavy atom. The summed E-state index contributed by atoms with van der Waals surface area (Å²) in [7, 11) is 3.83. The summed E-state index contributed by atoms with van der Waals surface area (Å²) in [6, 6.07) is 9.63. The van der Waals surface area contributed by atoms with E-state index >= 15 is 0 Å². The zero-order valence-electron chi connectivity index (χ0n) is 32.5. The van der Waals surface area contributed by atoms with Crippen LogP contribution in [-0.4, -0.2) is 126 Å². The van der Waals surface area contributed by atoms with Crippen LogP contribution < -0.4 is 0 Å². The van der Waals surface area contributed by atoms with Crippen molar-refractivity contribution in [1.82, 2.24) is 9.80 Å². The van der Waals surface area contributed by atoms with E-state index in [1.54, 1.807) is 20.8 Å². The standard InChI is InChI=1S/C40H64N2O9/c1-11-32-40(8,46)36-29(6)42(24-30-17-13-12-14-18-30)23-25(2)22-39(7,48-20-16-15-19-47-36)35(27(4)33(43)28(5)37(45)50-32)51-38-34(44)31(41(9)10)21-26(3)49-38/h12-18,25-29,31-32,34-36,38,44,46H,11,19-24H2,1-10H3/b16-15-/t25-,26-,27+,28?,29-,31+,32-,34-,35-,36+,38+,39-,40-/m1/s1. The highest BCUT2D eigenvalue weighted by atomic mass is 16.7. The Morgan fingerprint density at radius 3 is 2.33 bits per heavy atom. The number of hydrogen-bond donors (Lipinski definition) is 2. The van der Waals surface area contributed by atoms with Gasteiger partial charge in [-0.3, -0.25) is 14.5 Å². The second kappa shape index (κ2) is 17.7. The zero-order chi connectivity index (χ0) is 37.7. The summed E-state index contributed by atoms with van der Waals surface area (Å²) in [4.78, 5) is 32.4. The van der Waals surface area contributed by atoms with Crippen molar-refractivity contribution >= 4 is 11.8 Å². The Bertz CT molecular complexity index is 1310. The van der Waals surface area contributed by atoms with Gasteiger partial charge in [0.1, 0.15) is 29.8 Å². The molecule has 2 bridgehead atoms. The van der Waals surface area contributed by atoms with Gasteiger partial charge < -0.3 is 38.8 Å². The van der Waals surface area contributed by atoms with Crippen LogP contribution in [0.4, 0.5) is 0 Å². The van der Waals surface area contributed by atoms with E-state index in [9.17, 15) is 19.8 Å². The number of ketones is 1. The third kappa shape index (κ3) is 9.86. The lowest BCUT2D eigenvalue weighted by molar-refractivity contribution is -0.297. The topological polar surface area (TPSA) is 127 Å². The van der Waals surface area contributed by atoms with Gasteiger partial charge in [0.2, 0.25) is 0 Å². The lowest BCUT2D eigenvalue weighted by Crippen LogP contribution is -2.60. The normalized spacial score (nSPS) is 41.8. The van der Waals surface area contributed by atoms with Crippen LogP contribution in [-0.2, 0) is 39.8 Å². The summed E-state index contributed by atoms with van der Waals surface area (Å²) in [5.74, 6) is -3.12. The molecule has 2 N–H and O–H groups in total. The Labute approximate surface area is 305 Å². The number of likely N-dealkylation sites (N-methyl/N-ethyl adjacent to an activating group) is 1. The monoisotopic (exact) mass is 716 g/mol. The number of fused-ring (bicyclic) bond motifs is 6. The highest BCUT2D eigenvalue weighted by Gasteiger charge is 2.51. The molecule has 3 aliphatic heterocycles. The molecule has 11 heteroatoms. The zero-order valence-corrected chi connectivity index (χ0v) is 32.5. The van der Waals surface area contributed by atoms with Crippen molar-refractivity contribution in [3.63, 3.8) is 0 Å². The Balaban J connectivity index is 1.87. The number of aliphatic hydroxyl groups excluding tert-OH is 1. The summed E-state index contributed by atoms with van der Waals surface area (Å²) in [6.07, 6.45) is 0.308. The van der Waals surface area contributed by atoms with Gasteiger partial charge in [0.25, 0.3) is 0 Å². The summed E-state index contributed by atoms with van der Waals surface area (Å²) in [5.41, 5.74) is -1.56. The average molecular weight is 717 g/mol. The maximum Gasteiger partial charge on any atom is 0.316 e. The summed E-state index contributed by atoms with van der Waals surface area (Å²) in [5, 5.41) is 23.9. The van der Waals surface area contributed by atoms with Crippen molar-refractivity contribution in [2.75, 3.05) is 33.9 Å². The summed E-state index contributed by atoms with van der Waals surface area (Å²) in [6.45, 7) is 16.5. The first kappa shape index (κ1) is 41.5. The highest BCUT2D eigenvalue weighted by molar-refractivity contribution is 6.00. The largest absolute Gasteiger partial charge is 0.459 e. The lowest BCUT2D eigenvalue weighted by Gasteiger charge is -2.47. The van der Waals surface area contributed by atoms with Gasteiger partial charge in [0.15, 0.2) is 12.1 Å². The molecule has 1 unspecified atom stereocenters. The van der Waals surface area contributed by atoms with Crippen molar-refractivity contribution in [2.45, 2.75) is 141 Å². The van der Waals surface area contributed by atoms with Gasteiger partial charge in [-0.2, -0.15) is 0 Å². The Kier molecular flexibility index (Phi) is 14.4. The fraction of sp³-hybridized carbons (Fsp3) is 0.750. The first-order valence-corrected chi connectivity index (χ1v) is 18.8. The fourth-order valence-electron chi connectivity index (χ4n) is 8.42. The molecular weight excluding hydrogens is 652 g/mol. The van der Waals surface area contributed by atoms with E-state index in [0.717, 1.165) is 5.56 Å². The summed E-state index contributed by atoms with van der Waals surface area (Å²) >= 11 is 0. The number of hydrogen-bond acceptors (Lipinski definition) is 11. The van der Waals surface area contributed by atoms with E-state index in [0.29, 0.717) is 32.4 Å². The molecule has 0 aromatic heterocycles. The number of cyclic esters (lactones) is 1. The van der Waals surface area contributed by atoms with E-state index < -0.39 is 59.7 Å². The first-order valence-electron chi connectivity index (χ1n) is 18.8. The van der Waals surface area contributed by atoms with Crippen molar-refractivity contribution in [3.05, 3.63) is 48.0 Å². The smallest absolute Gasteiger partial charge is 0.316 e. The number of rotatable bonds is 6. The number of esters is 1. The SMILES string of the molecule is CC[C@H]1OC(=O)C(C)C(=O)[C@H](C)[C@@H](O[C@@H]2O[C@H](C)C[C@H](N(C)C)[C@H]2O)[C@@]2(C)C[C@@H](C)CN(Cc3ccccc3)[C@H](C)[C@H](OC/C=C\CO2)[C@]1(C)O. The van der Waals surface area contributed by atoms with Gasteiger partial charge >= 0.3 is 5.97 Å². The number of carbonyl (C=O) groups is 2. The van der Waals surface area contributed by atoms with Crippen LogP contribution in [0.15, 0.2) is 42.5 Å². The van der Waals surface area contributed by atoms with E-state index in [1.165, 1.54) is 0 Å². The number of Topliss-reactive ketones (excluding diaryl/α,β-unsaturated/α-hetero) is 1. The molecule has 0 amide bonds. The minimum absolute atomic E-state index is 0.00190. The van der Waals surface area contributed by atoms with Crippen LogP contribution in [0.2, 0.25) is 0 Å². The van der Waals surface area contributed by atoms with Gasteiger partial charge in [-0.25, -0.2) is 0 Å². The van der Waals surface area contributed by atoms with Crippen LogP contribution in [0.25, 0.3) is 0 Å². The quantitative estimate of drug-likeness (QED) is 0.248. The summed E-state index contributed by atoms with van der Waals surface area (Å²) < 4.78 is 32.3. The van der Waals surface area contributed by atoms with Crippen LogP contribution in [0.5, 0.6) is 0 Å². The number of nitrogens with zero attached hydrogens (tertiary/aromatic N) is 2. The Hall–Kier alpha value is -2.22. The third-order valence-corrected chi connectivity index (χ3v) is 11.3. The second-order valence-corrected chi connectivity index (χ2v) is 15.9. The molecule has 0 aliphatic carbocycles. The van der Waals surface area contributed by atoms with Gasteiger partial charge in [0.05, 0.1) is 31.0 Å². The molecule has 0 spiro atoms. The van der Waals surface area contributed by atoms with Gasteiger partial charge in [0, 0.05) is 31.1 Å². The van der Waals surface area contributed by atoms with E-state index in [-0.39, 0.29) is 43.1 Å². The molecule has 2 fully saturated rings. The predicted octanol–water partition coefficient (Wildman–Crippen LogP) is 4.37. The lowest BCUT2D eigenvalue weighted by atomic mass is 9.78. The molecule has 13 atom stereocenters. The molecule has 3 heterocycles. The minimum atomic E-state index is -1.60. The van der Waals surface area contributed by atoms with Crippen molar-refractivity contribution in [3.8, 4) is 0 Å². The minimum Gasteiger partial charge on any atom is -0.459 e. The van der Waals surface area contributed by atoms with Crippen molar-refractivity contribution < 1.29 is 43.5 Å². The Morgan fingerprint density at radius 2 is 1.69 bits per heavy atom. The highest BCUT2D eigenvalue weighted by Crippen LogP contribution is 2.38. The van der Waals surface area contributed by atoms with Crippen LogP contribution in [0.1, 0.15) is 80.2 Å². The van der Waals surface area contributed by atoms with Crippen molar-refractivity contribution in [1.29, 1.82) is 0 Å². The van der Waals surface area contributed by atoms with Crippen LogP contribution in [0.3, 0.4) is 0 Å². The van der Waals surface area contributed by atoms with E-state index in [1.807, 2.05) is 77.0 Å². The average Bonchev–Trinajstić information content (AvgIpc) is 3.08. The molecule has 51 heavy (non-hydrogen) atoms. The molecule has 1 aromatic rings. The first-order chi connectivity index (χ1) is 24.0. The maximum absolute atomic E-state index is 14.3. The molecule has 288 valence electrons. The number of aliphatic hydroxyl groups is 2. The van der Waals surface area contributed by atoms with E-state index in [2.05, 4.69) is 24.0 Å². The number of ether oxygens (including phenoxy) is 5. The predicted molar refractivity (Wildman–Crippen MR) is 195 cm³/mol. The second-order valence-electron chi connectivity index (χ2n) is 15.9. The molecule has 1 aromatic carbocycles. The molecular formula is C40H64N2O9. The van der Waals surface area contributed by atoms with Crippen LogP contribution >= 0.6 is 0 Å². The molecule has 11 nitrogen and oxygen atoms in total. The maximum atomic E-state index is 14.3. The fourth-order valence-corrected chi connectivity index (χ4v) is 8.42. The molecule has 0 saturated carbocycles.